The van der Waals surface area contributed by atoms with Gasteiger partial charge in [-0.2, -0.15) is 0 Å². The molecule has 1 atom stereocenters. The summed E-state index contributed by atoms with van der Waals surface area (Å²) < 4.78 is 2.02. The average molecular weight is 245 g/mol. The Hall–Kier alpha value is -1.39. The summed E-state index contributed by atoms with van der Waals surface area (Å²) in [4.78, 5) is 4.55. The molecule has 4 nitrogen and oxygen atoms in total. The lowest BCUT2D eigenvalue weighted by atomic mass is 9.97. The fourth-order valence-corrected chi connectivity index (χ4v) is 2.41. The van der Waals surface area contributed by atoms with Crippen LogP contribution in [0.2, 0.25) is 0 Å². The van der Waals surface area contributed by atoms with E-state index in [1.165, 1.54) is 12.8 Å². The molecule has 3 rings (SSSR count). The molecule has 0 aromatic carbocycles. The smallest absolute Gasteiger partial charge is 0.137 e. The predicted molar refractivity (Wildman–Crippen MR) is 70.2 cm³/mol. The fourth-order valence-electron chi connectivity index (χ4n) is 2.41. The van der Waals surface area contributed by atoms with E-state index in [0.29, 0.717) is 12.5 Å². The van der Waals surface area contributed by atoms with Crippen LogP contribution in [-0.4, -0.2) is 26.6 Å². The van der Waals surface area contributed by atoms with Crippen molar-refractivity contribution in [2.24, 2.45) is 5.92 Å². The second kappa shape index (κ2) is 4.37. The lowest BCUT2D eigenvalue weighted by Gasteiger charge is -2.28. The molecule has 18 heavy (non-hydrogen) atoms. The van der Waals surface area contributed by atoms with Crippen molar-refractivity contribution in [1.82, 2.24) is 14.7 Å². The van der Waals surface area contributed by atoms with E-state index < -0.39 is 0 Å². The van der Waals surface area contributed by atoms with E-state index in [1.54, 1.807) is 0 Å². The lowest BCUT2D eigenvalue weighted by molar-refractivity contribution is 0.153. The van der Waals surface area contributed by atoms with E-state index in [1.807, 2.05) is 35.0 Å². The van der Waals surface area contributed by atoms with Crippen molar-refractivity contribution in [3.63, 3.8) is 0 Å². The van der Waals surface area contributed by atoms with Crippen molar-refractivity contribution < 1.29 is 5.11 Å². The molecular weight excluding hydrogens is 226 g/mol. The maximum Gasteiger partial charge on any atom is 0.137 e. The van der Waals surface area contributed by atoms with Crippen LogP contribution in [0.15, 0.2) is 30.6 Å². The number of pyridine rings is 1. The number of aromatic nitrogens is 2. The standard InChI is InChI=1S/C14H19N3O/c1-14(10-18,11-5-6-11)15-8-12-9-17-7-3-2-4-13(17)16-12/h2-4,7,9,11,15,18H,5-6,8,10H2,1H3. The van der Waals surface area contributed by atoms with E-state index in [2.05, 4.69) is 17.2 Å². The molecule has 0 radical (unpaired) electrons. The number of aliphatic hydroxyl groups excluding tert-OH is 1. The first-order valence-corrected chi connectivity index (χ1v) is 6.50. The Morgan fingerprint density at radius 1 is 1.50 bits per heavy atom. The van der Waals surface area contributed by atoms with E-state index in [-0.39, 0.29) is 12.1 Å². The van der Waals surface area contributed by atoms with Crippen molar-refractivity contribution in [2.75, 3.05) is 6.61 Å². The third-order valence-corrected chi connectivity index (χ3v) is 3.89. The zero-order valence-electron chi connectivity index (χ0n) is 10.6. The van der Waals surface area contributed by atoms with Crippen LogP contribution in [-0.2, 0) is 6.54 Å². The monoisotopic (exact) mass is 245 g/mol. The van der Waals surface area contributed by atoms with Crippen molar-refractivity contribution in [3.05, 3.63) is 36.3 Å². The molecule has 2 aromatic heterocycles. The van der Waals surface area contributed by atoms with Gasteiger partial charge in [0.1, 0.15) is 5.65 Å². The van der Waals surface area contributed by atoms with Gasteiger partial charge in [0.15, 0.2) is 0 Å². The number of hydrogen-bond donors (Lipinski definition) is 2. The average Bonchev–Trinajstić information content (AvgIpc) is 3.16. The van der Waals surface area contributed by atoms with Gasteiger partial charge in [0.2, 0.25) is 0 Å². The first-order chi connectivity index (χ1) is 8.71. The summed E-state index contributed by atoms with van der Waals surface area (Å²) >= 11 is 0. The number of aliphatic hydroxyl groups is 1. The molecule has 1 fully saturated rings. The molecule has 2 heterocycles. The molecule has 0 saturated heterocycles. The van der Waals surface area contributed by atoms with E-state index in [9.17, 15) is 5.11 Å². The zero-order valence-corrected chi connectivity index (χ0v) is 10.6. The highest BCUT2D eigenvalue weighted by Gasteiger charge is 2.40. The van der Waals surface area contributed by atoms with Crippen LogP contribution in [0.25, 0.3) is 5.65 Å². The van der Waals surface area contributed by atoms with Gasteiger partial charge in [0.05, 0.1) is 12.3 Å². The summed E-state index contributed by atoms with van der Waals surface area (Å²) in [5, 5.41) is 13.0. The Labute approximate surface area is 107 Å². The molecule has 0 amide bonds. The minimum Gasteiger partial charge on any atom is -0.394 e. The zero-order chi connectivity index (χ0) is 12.6. The SMILES string of the molecule is CC(CO)(NCc1cn2ccccc2n1)C1CC1. The molecule has 4 heteroatoms. The summed E-state index contributed by atoms with van der Waals surface area (Å²) in [5.74, 6) is 0.611. The molecule has 2 N–H and O–H groups in total. The molecule has 0 bridgehead atoms. The molecule has 2 aromatic rings. The normalized spacial score (nSPS) is 19.0. The molecule has 1 aliphatic carbocycles. The topological polar surface area (TPSA) is 49.6 Å². The van der Waals surface area contributed by atoms with Gasteiger partial charge in [-0.05, 0) is 37.8 Å². The van der Waals surface area contributed by atoms with Gasteiger partial charge in [0, 0.05) is 24.5 Å². The lowest BCUT2D eigenvalue weighted by Crippen LogP contribution is -2.47. The van der Waals surface area contributed by atoms with Gasteiger partial charge in [-0.25, -0.2) is 4.98 Å². The van der Waals surface area contributed by atoms with Crippen LogP contribution < -0.4 is 5.32 Å². The highest BCUT2D eigenvalue weighted by molar-refractivity contribution is 5.39. The highest BCUT2D eigenvalue weighted by atomic mass is 16.3. The summed E-state index contributed by atoms with van der Waals surface area (Å²) in [5.41, 5.74) is 1.82. The molecule has 0 spiro atoms. The maximum absolute atomic E-state index is 9.53. The van der Waals surface area contributed by atoms with Crippen LogP contribution in [0.1, 0.15) is 25.5 Å². The van der Waals surface area contributed by atoms with Crippen LogP contribution in [0.5, 0.6) is 0 Å². The maximum atomic E-state index is 9.53. The van der Waals surface area contributed by atoms with Crippen molar-refractivity contribution in [2.45, 2.75) is 31.8 Å². The largest absolute Gasteiger partial charge is 0.394 e. The number of nitrogens with zero attached hydrogens (tertiary/aromatic N) is 2. The minimum absolute atomic E-state index is 0.157. The quantitative estimate of drug-likeness (QED) is 0.841. The predicted octanol–water partition coefficient (Wildman–Crippen LogP) is 1.58. The van der Waals surface area contributed by atoms with Crippen molar-refractivity contribution in [3.8, 4) is 0 Å². The number of imidazole rings is 1. The molecule has 1 aliphatic rings. The van der Waals surface area contributed by atoms with Gasteiger partial charge in [-0.1, -0.05) is 6.07 Å². The number of hydrogen-bond acceptors (Lipinski definition) is 3. The molecule has 96 valence electrons. The van der Waals surface area contributed by atoms with Crippen molar-refractivity contribution >= 4 is 5.65 Å². The fraction of sp³-hybridized carbons (Fsp3) is 0.500. The van der Waals surface area contributed by atoms with Crippen LogP contribution in [0.4, 0.5) is 0 Å². The minimum atomic E-state index is -0.157. The first-order valence-electron chi connectivity index (χ1n) is 6.50. The van der Waals surface area contributed by atoms with Gasteiger partial charge < -0.3 is 14.8 Å². The van der Waals surface area contributed by atoms with Gasteiger partial charge in [0.25, 0.3) is 0 Å². The Morgan fingerprint density at radius 3 is 3.00 bits per heavy atom. The summed E-state index contributed by atoms with van der Waals surface area (Å²) in [7, 11) is 0. The Balaban J connectivity index is 1.72. The van der Waals surface area contributed by atoms with E-state index >= 15 is 0 Å². The summed E-state index contributed by atoms with van der Waals surface area (Å²) in [6, 6.07) is 5.98. The van der Waals surface area contributed by atoms with Crippen LogP contribution >= 0.6 is 0 Å². The van der Waals surface area contributed by atoms with E-state index in [4.69, 9.17) is 0 Å². The Bertz CT molecular complexity index is 514. The number of fused-ring (bicyclic) bond motifs is 1. The van der Waals surface area contributed by atoms with Crippen LogP contribution in [0.3, 0.4) is 0 Å². The number of rotatable bonds is 5. The summed E-state index contributed by atoms with van der Waals surface area (Å²) in [6.45, 7) is 2.99. The number of nitrogens with one attached hydrogen (secondary N) is 1. The molecule has 1 unspecified atom stereocenters. The van der Waals surface area contributed by atoms with E-state index in [0.717, 1.165) is 11.3 Å². The van der Waals surface area contributed by atoms with Gasteiger partial charge >= 0.3 is 0 Å². The second-order valence-electron chi connectivity index (χ2n) is 5.40. The highest BCUT2D eigenvalue weighted by Crippen LogP contribution is 2.39. The van der Waals surface area contributed by atoms with Gasteiger partial charge in [-0.3, -0.25) is 0 Å². The van der Waals surface area contributed by atoms with Gasteiger partial charge in [-0.15, -0.1) is 0 Å². The Kier molecular flexibility index (Phi) is 2.84. The molecular formula is C14H19N3O. The van der Waals surface area contributed by atoms with Crippen LogP contribution in [0, 0.1) is 5.92 Å². The first kappa shape index (κ1) is 11.7. The third kappa shape index (κ3) is 2.13. The third-order valence-electron chi connectivity index (χ3n) is 3.89. The second-order valence-corrected chi connectivity index (χ2v) is 5.40. The Morgan fingerprint density at radius 2 is 2.33 bits per heavy atom. The molecule has 1 saturated carbocycles. The van der Waals surface area contributed by atoms with Crippen molar-refractivity contribution in [1.29, 1.82) is 0 Å². The molecule has 0 aliphatic heterocycles. The summed E-state index contributed by atoms with van der Waals surface area (Å²) in [6.07, 6.45) is 6.47.